The van der Waals surface area contributed by atoms with Crippen LogP contribution in [0.25, 0.3) is 0 Å². The maximum atomic E-state index is 13.1. The summed E-state index contributed by atoms with van der Waals surface area (Å²) in [6.07, 6.45) is 3.01. The maximum absolute atomic E-state index is 13.1. The molecule has 1 aromatic rings. The summed E-state index contributed by atoms with van der Waals surface area (Å²) in [6, 6.07) is 2.94. The summed E-state index contributed by atoms with van der Waals surface area (Å²) in [5.41, 5.74) is 0. The minimum absolute atomic E-state index is 0.157. The molecule has 0 unspecified atom stereocenters. The van der Waals surface area contributed by atoms with Crippen molar-refractivity contribution in [3.05, 3.63) is 24.1 Å². The van der Waals surface area contributed by atoms with Crippen molar-refractivity contribution < 1.29 is 9.50 Å². The monoisotopic (exact) mass is 196 g/mol. The number of nitrogens with one attached hydrogen (secondary N) is 1. The topological polar surface area (TPSA) is 45.1 Å². The fraction of sp³-hybridized carbons (Fsp3) is 0.500. The van der Waals surface area contributed by atoms with Gasteiger partial charge in [-0.15, -0.1) is 0 Å². The molecule has 14 heavy (non-hydrogen) atoms. The van der Waals surface area contributed by atoms with Gasteiger partial charge in [-0.1, -0.05) is 0 Å². The summed E-state index contributed by atoms with van der Waals surface area (Å²) in [4.78, 5) is 3.88. The van der Waals surface area contributed by atoms with Gasteiger partial charge >= 0.3 is 0 Å². The van der Waals surface area contributed by atoms with Crippen LogP contribution in [-0.4, -0.2) is 22.7 Å². The molecule has 2 rings (SSSR count). The number of aliphatic hydroxyl groups is 1. The van der Waals surface area contributed by atoms with Gasteiger partial charge in [0, 0.05) is 12.7 Å². The van der Waals surface area contributed by atoms with Crippen molar-refractivity contribution in [3.8, 4) is 0 Å². The highest BCUT2D eigenvalue weighted by Gasteiger charge is 2.26. The summed E-state index contributed by atoms with van der Waals surface area (Å²) >= 11 is 0. The van der Waals surface area contributed by atoms with Gasteiger partial charge < -0.3 is 10.4 Å². The lowest BCUT2D eigenvalue weighted by molar-refractivity contribution is 0.0486. The van der Waals surface area contributed by atoms with Gasteiger partial charge in [-0.25, -0.2) is 9.37 Å². The Hall–Kier alpha value is -1.16. The highest BCUT2D eigenvalue weighted by atomic mass is 19.1. The van der Waals surface area contributed by atoms with E-state index in [1.165, 1.54) is 6.07 Å². The normalized spacial score (nSPS) is 25.6. The van der Waals surface area contributed by atoms with Crippen LogP contribution in [0, 0.1) is 11.7 Å². The molecule has 3 nitrogen and oxygen atoms in total. The molecule has 0 bridgehead atoms. The number of anilines is 1. The van der Waals surface area contributed by atoms with Crippen molar-refractivity contribution in [2.45, 2.75) is 18.9 Å². The van der Waals surface area contributed by atoms with Gasteiger partial charge in [0.25, 0.3) is 0 Å². The Labute approximate surface area is 82.0 Å². The number of nitrogens with zero attached hydrogens (tertiary/aromatic N) is 1. The molecule has 0 spiro atoms. The van der Waals surface area contributed by atoms with Crippen LogP contribution in [0.5, 0.6) is 0 Å². The van der Waals surface area contributed by atoms with E-state index < -0.39 is 0 Å². The lowest BCUT2D eigenvalue weighted by atomic mass is 9.82. The molecule has 1 saturated carbocycles. The number of rotatable bonds is 3. The first-order chi connectivity index (χ1) is 6.75. The van der Waals surface area contributed by atoms with Crippen LogP contribution in [0.1, 0.15) is 12.8 Å². The number of aromatic nitrogens is 1. The SMILES string of the molecule is OC1CC(CNc2ncccc2F)C1. The van der Waals surface area contributed by atoms with E-state index in [2.05, 4.69) is 10.3 Å². The first-order valence-electron chi connectivity index (χ1n) is 4.78. The molecule has 1 aromatic heterocycles. The average Bonchev–Trinajstić information content (AvgIpc) is 2.13. The van der Waals surface area contributed by atoms with Crippen molar-refractivity contribution in [3.63, 3.8) is 0 Å². The van der Waals surface area contributed by atoms with Crippen molar-refractivity contribution >= 4 is 5.82 Å². The zero-order chi connectivity index (χ0) is 9.97. The van der Waals surface area contributed by atoms with Gasteiger partial charge in [0.05, 0.1) is 6.10 Å². The molecule has 0 aromatic carbocycles. The van der Waals surface area contributed by atoms with Gasteiger partial charge in [0.2, 0.25) is 0 Å². The zero-order valence-electron chi connectivity index (χ0n) is 7.78. The van der Waals surface area contributed by atoms with E-state index in [0.717, 1.165) is 12.8 Å². The van der Waals surface area contributed by atoms with Crippen LogP contribution >= 0.6 is 0 Å². The van der Waals surface area contributed by atoms with Crippen LogP contribution in [0.3, 0.4) is 0 Å². The number of hydrogen-bond acceptors (Lipinski definition) is 3. The number of aliphatic hydroxyl groups excluding tert-OH is 1. The fourth-order valence-electron chi connectivity index (χ4n) is 1.62. The van der Waals surface area contributed by atoms with Gasteiger partial charge in [0.1, 0.15) is 0 Å². The van der Waals surface area contributed by atoms with Crippen molar-refractivity contribution in [2.24, 2.45) is 5.92 Å². The van der Waals surface area contributed by atoms with E-state index in [-0.39, 0.29) is 11.9 Å². The molecule has 76 valence electrons. The molecular weight excluding hydrogens is 183 g/mol. The Bertz CT molecular complexity index is 313. The molecule has 0 amide bonds. The molecule has 1 aliphatic carbocycles. The van der Waals surface area contributed by atoms with E-state index in [1.807, 2.05) is 0 Å². The smallest absolute Gasteiger partial charge is 0.165 e. The van der Waals surface area contributed by atoms with Gasteiger partial charge in [-0.3, -0.25) is 0 Å². The van der Waals surface area contributed by atoms with Crippen LogP contribution in [0.4, 0.5) is 10.2 Å². The Balaban J connectivity index is 1.83. The Morgan fingerprint density at radius 1 is 1.57 bits per heavy atom. The molecule has 4 heteroatoms. The Kier molecular flexibility index (Phi) is 2.63. The standard InChI is InChI=1S/C10H13FN2O/c11-9-2-1-3-12-10(9)13-6-7-4-8(14)5-7/h1-3,7-8,14H,4-6H2,(H,12,13). The molecule has 0 aliphatic heterocycles. The van der Waals surface area contributed by atoms with E-state index >= 15 is 0 Å². The molecule has 0 atom stereocenters. The molecule has 0 saturated heterocycles. The third kappa shape index (κ3) is 2.01. The van der Waals surface area contributed by atoms with Gasteiger partial charge in [-0.2, -0.15) is 0 Å². The minimum atomic E-state index is -0.327. The Morgan fingerprint density at radius 3 is 3.00 bits per heavy atom. The molecule has 2 N–H and O–H groups in total. The maximum Gasteiger partial charge on any atom is 0.165 e. The summed E-state index contributed by atoms with van der Waals surface area (Å²) in [5, 5.41) is 12.0. The summed E-state index contributed by atoms with van der Waals surface area (Å²) in [6.45, 7) is 0.686. The zero-order valence-corrected chi connectivity index (χ0v) is 7.78. The van der Waals surface area contributed by atoms with Crippen molar-refractivity contribution in [1.29, 1.82) is 0 Å². The third-order valence-corrected chi connectivity index (χ3v) is 2.53. The second kappa shape index (κ2) is 3.92. The summed E-state index contributed by atoms with van der Waals surface area (Å²) in [5.74, 6) is 0.424. The van der Waals surface area contributed by atoms with E-state index in [9.17, 15) is 4.39 Å². The molecule has 1 aliphatic rings. The number of pyridine rings is 1. The summed E-state index contributed by atoms with van der Waals surface area (Å²) in [7, 11) is 0. The highest BCUT2D eigenvalue weighted by molar-refractivity contribution is 5.35. The van der Waals surface area contributed by atoms with Gasteiger partial charge in [0.15, 0.2) is 11.6 Å². The van der Waals surface area contributed by atoms with Crippen LogP contribution < -0.4 is 5.32 Å². The quantitative estimate of drug-likeness (QED) is 0.768. The lowest BCUT2D eigenvalue weighted by Crippen LogP contribution is -2.33. The first-order valence-corrected chi connectivity index (χ1v) is 4.78. The molecule has 1 fully saturated rings. The van der Waals surface area contributed by atoms with Crippen molar-refractivity contribution in [2.75, 3.05) is 11.9 Å². The lowest BCUT2D eigenvalue weighted by Gasteiger charge is -2.31. The number of halogens is 1. The van der Waals surface area contributed by atoms with Crippen LogP contribution in [-0.2, 0) is 0 Å². The Morgan fingerprint density at radius 2 is 2.36 bits per heavy atom. The predicted molar refractivity (Wildman–Crippen MR) is 51.4 cm³/mol. The molecular formula is C10H13FN2O. The van der Waals surface area contributed by atoms with E-state index in [0.29, 0.717) is 18.3 Å². The largest absolute Gasteiger partial charge is 0.393 e. The fourth-order valence-corrected chi connectivity index (χ4v) is 1.62. The molecule has 1 heterocycles. The van der Waals surface area contributed by atoms with Crippen LogP contribution in [0.2, 0.25) is 0 Å². The molecule has 0 radical (unpaired) electrons. The average molecular weight is 196 g/mol. The predicted octanol–water partition coefficient (Wildman–Crippen LogP) is 1.40. The van der Waals surface area contributed by atoms with Crippen molar-refractivity contribution in [1.82, 2.24) is 4.98 Å². The second-order valence-electron chi connectivity index (χ2n) is 3.71. The third-order valence-electron chi connectivity index (χ3n) is 2.53. The minimum Gasteiger partial charge on any atom is -0.393 e. The van der Waals surface area contributed by atoms with E-state index in [4.69, 9.17) is 5.11 Å². The number of hydrogen-bond donors (Lipinski definition) is 2. The second-order valence-corrected chi connectivity index (χ2v) is 3.71. The highest BCUT2D eigenvalue weighted by Crippen LogP contribution is 2.27. The van der Waals surface area contributed by atoms with Crippen LogP contribution in [0.15, 0.2) is 18.3 Å². The van der Waals surface area contributed by atoms with E-state index in [1.54, 1.807) is 12.3 Å². The first kappa shape index (κ1) is 9.40. The van der Waals surface area contributed by atoms with Gasteiger partial charge in [-0.05, 0) is 30.9 Å². The summed E-state index contributed by atoms with van der Waals surface area (Å²) < 4.78 is 13.1.